The Bertz CT molecular complexity index is 2600. The number of rotatable bonds is 13. The Balaban J connectivity index is 0.896. The summed E-state index contributed by atoms with van der Waals surface area (Å²) in [5.41, 5.74) is 3.83. The first-order valence-electron chi connectivity index (χ1n) is 22.4. The second-order valence-electron chi connectivity index (χ2n) is 18.6. The van der Waals surface area contributed by atoms with Crippen molar-refractivity contribution in [2.45, 2.75) is 107 Å². The number of amides is 1. The molecule has 1 spiro atoms. The van der Waals surface area contributed by atoms with Gasteiger partial charge in [0.05, 0.1) is 27.2 Å². The van der Waals surface area contributed by atoms with E-state index in [4.69, 9.17) is 4.74 Å². The summed E-state index contributed by atoms with van der Waals surface area (Å²) in [6.07, 6.45) is 14.2. The lowest BCUT2D eigenvalue weighted by Crippen LogP contribution is -2.54. The number of pyridine rings is 1. The molecule has 3 aromatic carbocycles. The molecule has 15 heteroatoms. The van der Waals surface area contributed by atoms with Gasteiger partial charge in [-0.05, 0) is 143 Å². The number of aromatic nitrogens is 2. The van der Waals surface area contributed by atoms with Crippen LogP contribution in [0, 0.1) is 21.4 Å². The van der Waals surface area contributed by atoms with E-state index in [-0.39, 0.29) is 22.9 Å². The van der Waals surface area contributed by atoms with Crippen LogP contribution in [0.1, 0.15) is 106 Å². The highest BCUT2D eigenvalue weighted by atomic mass is 32.2. The fraction of sp³-hybridized carbons (Fsp3) is 0.458. The minimum atomic E-state index is -4.56. The third-order valence-corrected chi connectivity index (χ3v) is 15.7. The number of hydrogen-bond acceptors (Lipinski definition) is 11. The number of nitro benzene ring substituents is 1. The van der Waals surface area contributed by atoms with Crippen molar-refractivity contribution in [2.24, 2.45) is 11.3 Å². The number of H-pyrrole nitrogens is 1. The summed E-state index contributed by atoms with van der Waals surface area (Å²) in [4.78, 5) is 37.6. The molecule has 0 radical (unpaired) electrons. The highest BCUT2D eigenvalue weighted by Gasteiger charge is 2.50. The highest BCUT2D eigenvalue weighted by Crippen LogP contribution is 2.54. The van der Waals surface area contributed by atoms with E-state index in [1.807, 2.05) is 19.1 Å². The number of nitro groups is 1. The van der Waals surface area contributed by atoms with Gasteiger partial charge in [0, 0.05) is 61.1 Å². The zero-order valence-electron chi connectivity index (χ0n) is 36.0. The van der Waals surface area contributed by atoms with Crippen LogP contribution in [0.25, 0.3) is 11.0 Å². The lowest BCUT2D eigenvalue weighted by molar-refractivity contribution is -0.384. The number of sulfonamides is 1. The first-order chi connectivity index (χ1) is 30.3. The largest absolute Gasteiger partial charge is 0.455 e. The molecule has 2 saturated carbocycles. The number of aryl methyl sites for hydroxylation is 1. The maximum Gasteiger partial charge on any atom is 0.293 e. The van der Waals surface area contributed by atoms with Crippen molar-refractivity contribution < 1.29 is 28.0 Å². The molecule has 5 aromatic rings. The number of nitrogens with zero attached hydrogens (tertiary/aromatic N) is 4. The Morgan fingerprint density at radius 3 is 2.54 bits per heavy atom. The second kappa shape index (κ2) is 17.2. The van der Waals surface area contributed by atoms with Crippen LogP contribution in [0.5, 0.6) is 11.5 Å². The van der Waals surface area contributed by atoms with Crippen molar-refractivity contribution in [1.29, 1.82) is 0 Å². The molecular weight excluding hydrogens is 819 g/mol. The topological polar surface area (TPSA) is 183 Å². The molecule has 0 bridgehead atoms. The first-order valence-corrected chi connectivity index (χ1v) is 23.9. The van der Waals surface area contributed by atoms with E-state index in [0.717, 1.165) is 68.9 Å². The van der Waals surface area contributed by atoms with Gasteiger partial charge in [-0.2, -0.15) is 0 Å². The summed E-state index contributed by atoms with van der Waals surface area (Å²) < 4.78 is 35.9. The number of aromatic amines is 1. The minimum absolute atomic E-state index is 0.0177. The summed E-state index contributed by atoms with van der Waals surface area (Å²) in [7, 11) is -4.56. The second-order valence-corrected chi connectivity index (χ2v) is 20.2. The maximum absolute atomic E-state index is 14.0. The molecule has 2 aliphatic carbocycles. The zero-order valence-corrected chi connectivity index (χ0v) is 36.8. The summed E-state index contributed by atoms with van der Waals surface area (Å²) in [5, 5.41) is 26.4. The van der Waals surface area contributed by atoms with Crippen LogP contribution in [0.4, 0.5) is 17.1 Å². The molecule has 4 heterocycles. The molecule has 63 heavy (non-hydrogen) atoms. The molecule has 9 rings (SSSR count). The van der Waals surface area contributed by atoms with Crippen LogP contribution in [0.3, 0.4) is 0 Å². The lowest BCUT2D eigenvalue weighted by Gasteiger charge is -2.56. The maximum atomic E-state index is 14.0. The SMILES string of the molecule is CCc1ccccc1[C@@H]1CCCN1C1CC2(CCN(c3ccc(C(=O)NS(=O)(=O)c4ccc(NCC5CCC(C)(O)CC5)c([N+](=O)[O-])c4)c(Oc4cnc5[nH]ccc5c4)c3)CC2)C1. The van der Waals surface area contributed by atoms with Gasteiger partial charge >= 0.3 is 0 Å². The number of piperidine rings is 1. The fourth-order valence-electron chi connectivity index (χ4n) is 10.6. The number of carbonyl (C=O) groups excluding carboxylic acids is 1. The van der Waals surface area contributed by atoms with Gasteiger partial charge in [-0.25, -0.2) is 18.1 Å². The highest BCUT2D eigenvalue weighted by molar-refractivity contribution is 7.90. The number of anilines is 2. The average molecular weight is 876 g/mol. The van der Waals surface area contributed by atoms with Gasteiger partial charge in [0.2, 0.25) is 0 Å². The van der Waals surface area contributed by atoms with Gasteiger partial charge in [0.25, 0.3) is 21.6 Å². The van der Waals surface area contributed by atoms with Crippen molar-refractivity contribution in [2.75, 3.05) is 36.4 Å². The molecule has 332 valence electrons. The monoisotopic (exact) mass is 875 g/mol. The summed E-state index contributed by atoms with van der Waals surface area (Å²) in [6.45, 7) is 7.35. The van der Waals surface area contributed by atoms with Gasteiger partial charge in [-0.1, -0.05) is 31.2 Å². The van der Waals surface area contributed by atoms with Crippen LogP contribution < -0.4 is 19.7 Å². The summed E-state index contributed by atoms with van der Waals surface area (Å²) in [6, 6.07) is 22.4. The van der Waals surface area contributed by atoms with E-state index >= 15 is 0 Å². The normalized spacial score (nSPS) is 22.8. The molecule has 0 unspecified atom stereocenters. The Morgan fingerprint density at radius 1 is 1.00 bits per heavy atom. The Hall–Kier alpha value is -5.51. The third kappa shape index (κ3) is 9.00. The van der Waals surface area contributed by atoms with E-state index in [2.05, 4.69) is 61.0 Å². The van der Waals surface area contributed by atoms with Crippen LogP contribution in [0.15, 0.2) is 90.1 Å². The van der Waals surface area contributed by atoms with Gasteiger partial charge < -0.3 is 25.0 Å². The van der Waals surface area contributed by atoms with Crippen molar-refractivity contribution in [1.82, 2.24) is 19.6 Å². The zero-order chi connectivity index (χ0) is 43.9. The molecule has 1 atom stereocenters. The number of likely N-dealkylation sites (tertiary alicyclic amines) is 1. The van der Waals surface area contributed by atoms with Crippen molar-refractivity contribution in [3.63, 3.8) is 0 Å². The average Bonchev–Trinajstić information content (AvgIpc) is 3.95. The number of aliphatic hydroxyl groups is 1. The van der Waals surface area contributed by atoms with Gasteiger partial charge in [0.15, 0.2) is 0 Å². The Labute approximate surface area is 368 Å². The lowest BCUT2D eigenvalue weighted by atomic mass is 9.59. The molecule has 4 fully saturated rings. The number of carbonyl (C=O) groups is 1. The van der Waals surface area contributed by atoms with Crippen molar-refractivity contribution in [3.8, 4) is 11.5 Å². The van der Waals surface area contributed by atoms with E-state index in [0.29, 0.717) is 48.3 Å². The number of benzene rings is 3. The van der Waals surface area contributed by atoms with E-state index < -0.39 is 37.0 Å². The summed E-state index contributed by atoms with van der Waals surface area (Å²) >= 11 is 0. The first kappa shape index (κ1) is 42.8. The minimum Gasteiger partial charge on any atom is -0.455 e. The molecule has 2 aliphatic heterocycles. The van der Waals surface area contributed by atoms with Crippen molar-refractivity contribution in [3.05, 3.63) is 112 Å². The Morgan fingerprint density at radius 2 is 1.78 bits per heavy atom. The van der Waals surface area contributed by atoms with E-state index in [9.17, 15) is 28.4 Å². The van der Waals surface area contributed by atoms with Crippen LogP contribution in [0.2, 0.25) is 0 Å². The molecule has 4 aliphatic rings. The van der Waals surface area contributed by atoms with E-state index in [1.54, 1.807) is 30.6 Å². The predicted molar refractivity (Wildman–Crippen MR) is 243 cm³/mol. The van der Waals surface area contributed by atoms with Gasteiger partial charge in [-0.3, -0.25) is 19.8 Å². The van der Waals surface area contributed by atoms with Crippen LogP contribution >= 0.6 is 0 Å². The number of fused-ring (bicyclic) bond motifs is 1. The molecule has 1 amide bonds. The van der Waals surface area contributed by atoms with Crippen molar-refractivity contribution >= 4 is 44.0 Å². The fourth-order valence-corrected chi connectivity index (χ4v) is 11.6. The molecule has 2 aromatic heterocycles. The van der Waals surface area contributed by atoms with Crippen LogP contribution in [-0.4, -0.2) is 77.0 Å². The molecular formula is C48H57N7O7S. The number of nitrogens with one attached hydrogen (secondary N) is 3. The number of hydrogen-bond donors (Lipinski definition) is 4. The Kier molecular flexibility index (Phi) is 11.7. The van der Waals surface area contributed by atoms with Crippen LogP contribution in [-0.2, 0) is 16.4 Å². The molecule has 14 nitrogen and oxygen atoms in total. The van der Waals surface area contributed by atoms with Gasteiger partial charge in [0.1, 0.15) is 22.8 Å². The standard InChI is InChI=1S/C48H57N7O7S/c1-3-33-7-4-5-8-39(33)42-9-6-22-54(42)36-28-48(29-36)19-23-53(24-20-48)35-10-12-40(44(26-35)62-37-25-34-16-21-49-45(34)51-31-37)46(56)52-63(60,61)38-11-13-41(43(27-38)55(58)59)50-30-32-14-17-47(2,57)18-15-32/h4-5,7-8,10-13,16,21,25-27,31-32,36,42,50,57H,3,6,9,14-15,17-20,22-24,28-30H2,1-2H3,(H,49,51)(H,52,56)/t32?,42-,47?/m0/s1. The molecule has 4 N–H and O–H groups in total. The number of ether oxygens (including phenoxy) is 1. The third-order valence-electron chi connectivity index (χ3n) is 14.4. The molecule has 2 saturated heterocycles. The summed E-state index contributed by atoms with van der Waals surface area (Å²) in [5.74, 6) is -0.206. The quantitative estimate of drug-likeness (QED) is 0.0655. The smallest absolute Gasteiger partial charge is 0.293 e. The van der Waals surface area contributed by atoms with E-state index in [1.165, 1.54) is 48.9 Å². The predicted octanol–water partition coefficient (Wildman–Crippen LogP) is 8.88. The van der Waals surface area contributed by atoms with Gasteiger partial charge in [-0.15, -0.1) is 0 Å².